The van der Waals surface area contributed by atoms with Crippen LogP contribution >= 0.6 is 0 Å². The molecule has 0 radical (unpaired) electrons. The van der Waals surface area contributed by atoms with Gasteiger partial charge in [0.15, 0.2) is 0 Å². The summed E-state index contributed by atoms with van der Waals surface area (Å²) < 4.78 is 0. The van der Waals surface area contributed by atoms with Gasteiger partial charge in [-0.25, -0.2) is 0 Å². The van der Waals surface area contributed by atoms with Gasteiger partial charge in [-0.1, -0.05) is 13.3 Å². The smallest absolute Gasteiger partial charge is 0.225 e. The summed E-state index contributed by atoms with van der Waals surface area (Å²) in [7, 11) is 0. The first kappa shape index (κ1) is 11.9. The fourth-order valence-electron chi connectivity index (χ4n) is 3.27. The molecule has 2 rings (SSSR count). The zero-order chi connectivity index (χ0) is 11.5. The first-order chi connectivity index (χ1) is 7.72. The van der Waals surface area contributed by atoms with Gasteiger partial charge in [0.1, 0.15) is 0 Å². The molecule has 0 aromatic heterocycles. The van der Waals surface area contributed by atoms with E-state index in [0.717, 1.165) is 37.8 Å². The molecule has 0 spiro atoms. The molecule has 1 saturated heterocycles. The number of carbonyl (C=O) groups is 1. The van der Waals surface area contributed by atoms with Gasteiger partial charge in [0.25, 0.3) is 0 Å². The molecule has 1 heterocycles. The second-order valence-electron chi connectivity index (χ2n) is 5.53. The Bertz CT molecular complexity index is 242. The highest BCUT2D eigenvalue weighted by Crippen LogP contribution is 2.38. The number of hydrogen-bond donors (Lipinski definition) is 1. The Kier molecular flexibility index (Phi) is 3.85. The van der Waals surface area contributed by atoms with E-state index in [2.05, 4.69) is 4.90 Å². The van der Waals surface area contributed by atoms with E-state index in [-0.39, 0.29) is 5.92 Å². The summed E-state index contributed by atoms with van der Waals surface area (Å²) in [5, 5.41) is 0. The average molecular weight is 224 g/mol. The predicted octanol–water partition coefficient (Wildman–Crippen LogP) is 1.62. The number of nitrogens with two attached hydrogens (primary N) is 1. The van der Waals surface area contributed by atoms with Gasteiger partial charge >= 0.3 is 0 Å². The molecular formula is C13H24N2O. The number of carbonyl (C=O) groups excluding carboxylic acids is 1. The molecular weight excluding hydrogens is 200 g/mol. The van der Waals surface area contributed by atoms with Crippen molar-refractivity contribution < 1.29 is 4.79 Å². The van der Waals surface area contributed by atoms with Crippen molar-refractivity contribution in [1.82, 2.24) is 4.90 Å². The molecule has 0 aromatic carbocycles. The molecule has 3 unspecified atom stereocenters. The molecule has 16 heavy (non-hydrogen) atoms. The van der Waals surface area contributed by atoms with Crippen LogP contribution in [-0.2, 0) is 4.79 Å². The van der Waals surface area contributed by atoms with Crippen molar-refractivity contribution in [2.45, 2.75) is 39.0 Å². The van der Waals surface area contributed by atoms with Gasteiger partial charge in [0, 0.05) is 19.0 Å². The van der Waals surface area contributed by atoms with Gasteiger partial charge in [0.05, 0.1) is 0 Å². The molecule has 1 aliphatic heterocycles. The monoisotopic (exact) mass is 224 g/mol. The van der Waals surface area contributed by atoms with Crippen LogP contribution in [0, 0.1) is 17.8 Å². The normalized spacial score (nSPS) is 30.5. The minimum Gasteiger partial charge on any atom is -0.342 e. The van der Waals surface area contributed by atoms with Crippen LogP contribution in [0.4, 0.5) is 0 Å². The lowest BCUT2D eigenvalue weighted by Gasteiger charge is -2.21. The number of hydrogen-bond acceptors (Lipinski definition) is 2. The van der Waals surface area contributed by atoms with Crippen molar-refractivity contribution in [2.75, 3.05) is 19.6 Å². The summed E-state index contributed by atoms with van der Waals surface area (Å²) in [6.07, 6.45) is 5.96. The Morgan fingerprint density at radius 3 is 2.56 bits per heavy atom. The lowest BCUT2D eigenvalue weighted by molar-refractivity contribution is -0.134. The highest BCUT2D eigenvalue weighted by Gasteiger charge is 2.38. The van der Waals surface area contributed by atoms with Crippen LogP contribution < -0.4 is 5.73 Å². The maximum atomic E-state index is 12.2. The highest BCUT2D eigenvalue weighted by atomic mass is 16.2. The standard InChI is InChI=1S/C13H24N2O/c1-10(4-3-7-14)13(16)15-8-11-5-2-6-12(11)9-15/h10-12H,2-9,14H2,1H3. The van der Waals surface area contributed by atoms with Crippen LogP contribution in [0.1, 0.15) is 39.0 Å². The lowest BCUT2D eigenvalue weighted by atomic mass is 10.0. The third-order valence-corrected chi connectivity index (χ3v) is 4.30. The number of rotatable bonds is 4. The molecule has 1 amide bonds. The maximum Gasteiger partial charge on any atom is 0.225 e. The van der Waals surface area contributed by atoms with E-state index < -0.39 is 0 Å². The van der Waals surface area contributed by atoms with E-state index in [1.807, 2.05) is 6.92 Å². The summed E-state index contributed by atoms with van der Waals surface area (Å²) in [6.45, 7) is 4.79. The summed E-state index contributed by atoms with van der Waals surface area (Å²) in [5.74, 6) is 2.15. The first-order valence-electron chi connectivity index (χ1n) is 6.71. The van der Waals surface area contributed by atoms with Gasteiger partial charge in [-0.2, -0.15) is 0 Å². The van der Waals surface area contributed by atoms with Crippen molar-refractivity contribution in [2.24, 2.45) is 23.5 Å². The van der Waals surface area contributed by atoms with Crippen LogP contribution in [0.3, 0.4) is 0 Å². The van der Waals surface area contributed by atoms with E-state index >= 15 is 0 Å². The van der Waals surface area contributed by atoms with E-state index in [4.69, 9.17) is 5.73 Å². The molecule has 1 aliphatic carbocycles. The molecule has 0 bridgehead atoms. The van der Waals surface area contributed by atoms with Crippen LogP contribution in [0.15, 0.2) is 0 Å². The number of amides is 1. The Balaban J connectivity index is 1.82. The summed E-state index contributed by atoms with van der Waals surface area (Å²) in [5.41, 5.74) is 5.48. The van der Waals surface area contributed by atoms with E-state index in [1.54, 1.807) is 0 Å². The molecule has 3 atom stereocenters. The lowest BCUT2D eigenvalue weighted by Crippen LogP contribution is -2.34. The van der Waals surface area contributed by atoms with Crippen molar-refractivity contribution in [3.8, 4) is 0 Å². The highest BCUT2D eigenvalue weighted by molar-refractivity contribution is 5.78. The predicted molar refractivity (Wildman–Crippen MR) is 64.9 cm³/mol. The Hall–Kier alpha value is -0.570. The zero-order valence-corrected chi connectivity index (χ0v) is 10.3. The second-order valence-corrected chi connectivity index (χ2v) is 5.53. The largest absolute Gasteiger partial charge is 0.342 e. The van der Waals surface area contributed by atoms with Crippen molar-refractivity contribution >= 4 is 5.91 Å². The minimum absolute atomic E-state index is 0.169. The summed E-state index contributed by atoms with van der Waals surface area (Å²) in [6, 6.07) is 0. The third kappa shape index (κ3) is 2.40. The quantitative estimate of drug-likeness (QED) is 0.788. The van der Waals surface area contributed by atoms with Crippen molar-refractivity contribution in [3.05, 3.63) is 0 Å². The fourth-order valence-corrected chi connectivity index (χ4v) is 3.27. The van der Waals surface area contributed by atoms with E-state index in [0.29, 0.717) is 12.5 Å². The van der Waals surface area contributed by atoms with Crippen molar-refractivity contribution in [1.29, 1.82) is 0 Å². The molecule has 2 aliphatic rings. The third-order valence-electron chi connectivity index (χ3n) is 4.30. The van der Waals surface area contributed by atoms with Crippen LogP contribution in [0.5, 0.6) is 0 Å². The number of fused-ring (bicyclic) bond motifs is 1. The molecule has 1 saturated carbocycles. The maximum absolute atomic E-state index is 12.2. The fraction of sp³-hybridized carbons (Fsp3) is 0.923. The van der Waals surface area contributed by atoms with Gasteiger partial charge in [0.2, 0.25) is 5.91 Å². The summed E-state index contributed by atoms with van der Waals surface area (Å²) in [4.78, 5) is 14.3. The second kappa shape index (κ2) is 5.17. The topological polar surface area (TPSA) is 46.3 Å². The van der Waals surface area contributed by atoms with Gasteiger partial charge < -0.3 is 10.6 Å². The summed E-state index contributed by atoms with van der Waals surface area (Å²) >= 11 is 0. The Labute approximate surface area is 98.4 Å². The van der Waals surface area contributed by atoms with Crippen LogP contribution in [-0.4, -0.2) is 30.4 Å². The van der Waals surface area contributed by atoms with Gasteiger partial charge in [-0.05, 0) is 44.1 Å². The molecule has 3 heteroatoms. The Morgan fingerprint density at radius 2 is 2.00 bits per heavy atom. The van der Waals surface area contributed by atoms with E-state index in [1.165, 1.54) is 19.3 Å². The van der Waals surface area contributed by atoms with Gasteiger partial charge in [-0.15, -0.1) is 0 Å². The first-order valence-corrected chi connectivity index (χ1v) is 6.71. The zero-order valence-electron chi connectivity index (χ0n) is 10.3. The molecule has 2 fully saturated rings. The number of nitrogens with zero attached hydrogens (tertiary/aromatic N) is 1. The average Bonchev–Trinajstić information content (AvgIpc) is 2.84. The van der Waals surface area contributed by atoms with Crippen LogP contribution in [0.25, 0.3) is 0 Å². The van der Waals surface area contributed by atoms with Crippen LogP contribution in [0.2, 0.25) is 0 Å². The molecule has 2 N–H and O–H groups in total. The van der Waals surface area contributed by atoms with Crippen molar-refractivity contribution in [3.63, 3.8) is 0 Å². The molecule has 3 nitrogen and oxygen atoms in total. The molecule has 92 valence electrons. The minimum atomic E-state index is 0.169. The Morgan fingerprint density at radius 1 is 1.38 bits per heavy atom. The van der Waals surface area contributed by atoms with E-state index in [9.17, 15) is 4.79 Å². The SMILES string of the molecule is CC(CCCN)C(=O)N1CC2CCCC2C1. The van der Waals surface area contributed by atoms with Gasteiger partial charge in [-0.3, -0.25) is 4.79 Å². The number of likely N-dealkylation sites (tertiary alicyclic amines) is 1. The molecule has 0 aromatic rings.